The van der Waals surface area contributed by atoms with Gasteiger partial charge in [-0.15, -0.1) is 0 Å². The van der Waals surface area contributed by atoms with Gasteiger partial charge in [0.05, 0.1) is 0 Å². The minimum atomic E-state index is -0.154. The van der Waals surface area contributed by atoms with Crippen molar-refractivity contribution >= 4 is 0 Å². The van der Waals surface area contributed by atoms with Gasteiger partial charge in [-0.1, -0.05) is 32.9 Å². The second-order valence-electron chi connectivity index (χ2n) is 6.18. The molecule has 1 N–H and O–H groups in total. The molecular formula is C17H26FN. The predicted molar refractivity (Wildman–Crippen MR) is 78.5 cm³/mol. The normalized spacial score (nSPS) is 29.2. The maximum atomic E-state index is 13.0. The summed E-state index contributed by atoms with van der Waals surface area (Å²) in [4.78, 5) is 0. The Hall–Kier alpha value is -0.890. The van der Waals surface area contributed by atoms with E-state index in [1.807, 2.05) is 12.1 Å². The van der Waals surface area contributed by atoms with E-state index in [2.05, 4.69) is 26.1 Å². The first-order chi connectivity index (χ1) is 9.10. The molecule has 1 aromatic rings. The van der Waals surface area contributed by atoms with Crippen molar-refractivity contribution in [3.05, 3.63) is 35.6 Å². The molecule has 4 atom stereocenters. The molecular weight excluding hydrogens is 237 g/mol. The van der Waals surface area contributed by atoms with Gasteiger partial charge in [0, 0.05) is 12.1 Å². The highest BCUT2D eigenvalue weighted by atomic mass is 19.1. The molecule has 2 heteroatoms. The maximum Gasteiger partial charge on any atom is 0.123 e. The van der Waals surface area contributed by atoms with Crippen molar-refractivity contribution in [3.63, 3.8) is 0 Å². The van der Waals surface area contributed by atoms with Gasteiger partial charge >= 0.3 is 0 Å². The highest BCUT2D eigenvalue weighted by molar-refractivity contribution is 5.20. The third-order valence-corrected chi connectivity index (χ3v) is 4.53. The zero-order valence-corrected chi connectivity index (χ0v) is 12.3. The fourth-order valence-electron chi connectivity index (χ4n) is 3.32. The molecule has 0 heterocycles. The van der Waals surface area contributed by atoms with Crippen molar-refractivity contribution in [2.75, 3.05) is 0 Å². The van der Waals surface area contributed by atoms with Gasteiger partial charge in [-0.2, -0.15) is 0 Å². The highest BCUT2D eigenvalue weighted by Crippen LogP contribution is 2.30. The molecule has 19 heavy (non-hydrogen) atoms. The molecule has 1 fully saturated rings. The molecule has 0 aromatic heterocycles. The summed E-state index contributed by atoms with van der Waals surface area (Å²) >= 11 is 0. The lowest BCUT2D eigenvalue weighted by Crippen LogP contribution is -2.40. The molecule has 0 bridgehead atoms. The summed E-state index contributed by atoms with van der Waals surface area (Å²) in [6.07, 6.45) is 4.95. The van der Waals surface area contributed by atoms with E-state index in [4.69, 9.17) is 0 Å². The minimum Gasteiger partial charge on any atom is -0.307 e. The van der Waals surface area contributed by atoms with Gasteiger partial charge in [-0.25, -0.2) is 4.39 Å². The lowest BCUT2D eigenvalue weighted by molar-refractivity contribution is 0.212. The van der Waals surface area contributed by atoms with E-state index >= 15 is 0 Å². The zero-order chi connectivity index (χ0) is 13.8. The largest absolute Gasteiger partial charge is 0.307 e. The third kappa shape index (κ3) is 3.79. The SMILES string of the molecule is CCC(NC1CCC(C)CC1C)c1ccc(F)cc1. The fourth-order valence-corrected chi connectivity index (χ4v) is 3.32. The molecule has 4 unspecified atom stereocenters. The van der Waals surface area contributed by atoms with Gasteiger partial charge in [-0.3, -0.25) is 0 Å². The van der Waals surface area contributed by atoms with E-state index in [9.17, 15) is 4.39 Å². The lowest BCUT2D eigenvalue weighted by Gasteiger charge is -2.36. The summed E-state index contributed by atoms with van der Waals surface area (Å²) < 4.78 is 13.0. The van der Waals surface area contributed by atoms with Gasteiger partial charge in [0.1, 0.15) is 5.82 Å². The Morgan fingerprint density at radius 2 is 1.89 bits per heavy atom. The molecule has 1 aliphatic rings. The number of nitrogens with one attached hydrogen (secondary N) is 1. The first-order valence-corrected chi connectivity index (χ1v) is 7.61. The molecule has 1 nitrogen and oxygen atoms in total. The molecule has 0 aliphatic heterocycles. The molecule has 1 saturated carbocycles. The average molecular weight is 263 g/mol. The van der Waals surface area contributed by atoms with Gasteiger partial charge in [0.2, 0.25) is 0 Å². The molecule has 106 valence electrons. The number of hydrogen-bond acceptors (Lipinski definition) is 1. The van der Waals surface area contributed by atoms with E-state index in [-0.39, 0.29) is 5.82 Å². The summed E-state index contributed by atoms with van der Waals surface area (Å²) in [5, 5.41) is 3.79. The number of rotatable bonds is 4. The van der Waals surface area contributed by atoms with Crippen LogP contribution in [0.5, 0.6) is 0 Å². The predicted octanol–water partition coefficient (Wildman–Crippen LogP) is 4.69. The molecule has 0 radical (unpaired) electrons. The Bertz CT molecular complexity index is 387. The molecule has 2 rings (SSSR count). The molecule has 1 aromatic carbocycles. The van der Waals surface area contributed by atoms with Crippen molar-refractivity contribution < 1.29 is 4.39 Å². The van der Waals surface area contributed by atoms with E-state index < -0.39 is 0 Å². The van der Waals surface area contributed by atoms with Gasteiger partial charge < -0.3 is 5.32 Å². The van der Waals surface area contributed by atoms with Crippen LogP contribution in [0.3, 0.4) is 0 Å². The molecule has 1 aliphatic carbocycles. The van der Waals surface area contributed by atoms with Crippen LogP contribution in [-0.4, -0.2) is 6.04 Å². The monoisotopic (exact) mass is 263 g/mol. The van der Waals surface area contributed by atoms with Gasteiger partial charge in [0.25, 0.3) is 0 Å². The van der Waals surface area contributed by atoms with Crippen molar-refractivity contribution in [3.8, 4) is 0 Å². The van der Waals surface area contributed by atoms with Crippen LogP contribution in [0.1, 0.15) is 58.1 Å². The summed E-state index contributed by atoms with van der Waals surface area (Å²) in [5.74, 6) is 1.44. The van der Waals surface area contributed by atoms with E-state index in [1.165, 1.54) is 24.8 Å². The standard InChI is InChI=1S/C17H26FN/c1-4-16(14-6-8-15(18)9-7-14)19-17-10-5-12(2)11-13(17)3/h6-9,12-13,16-17,19H,4-5,10-11H2,1-3H3. The van der Waals surface area contributed by atoms with Crippen molar-refractivity contribution in [1.29, 1.82) is 0 Å². The quantitative estimate of drug-likeness (QED) is 0.831. The van der Waals surface area contributed by atoms with Crippen LogP contribution >= 0.6 is 0 Å². The van der Waals surface area contributed by atoms with Crippen LogP contribution in [-0.2, 0) is 0 Å². The van der Waals surface area contributed by atoms with E-state index in [0.29, 0.717) is 12.1 Å². The lowest BCUT2D eigenvalue weighted by atomic mass is 9.79. The van der Waals surface area contributed by atoms with Crippen molar-refractivity contribution in [2.24, 2.45) is 11.8 Å². The Morgan fingerprint density at radius 1 is 1.21 bits per heavy atom. The van der Waals surface area contributed by atoms with Crippen LogP contribution in [0.25, 0.3) is 0 Å². The second kappa shape index (κ2) is 6.51. The number of halogens is 1. The van der Waals surface area contributed by atoms with Crippen LogP contribution in [0.15, 0.2) is 24.3 Å². The van der Waals surface area contributed by atoms with Gasteiger partial charge in [0.15, 0.2) is 0 Å². The second-order valence-corrected chi connectivity index (χ2v) is 6.18. The van der Waals surface area contributed by atoms with E-state index in [1.54, 1.807) is 12.1 Å². The van der Waals surface area contributed by atoms with Crippen molar-refractivity contribution in [2.45, 2.75) is 58.5 Å². The zero-order valence-electron chi connectivity index (χ0n) is 12.3. The van der Waals surface area contributed by atoms with Crippen LogP contribution in [0, 0.1) is 17.7 Å². The van der Waals surface area contributed by atoms with Crippen LogP contribution in [0.2, 0.25) is 0 Å². The number of benzene rings is 1. The Kier molecular flexibility index (Phi) is 4.98. The summed E-state index contributed by atoms with van der Waals surface area (Å²) in [5.41, 5.74) is 1.20. The molecule has 0 saturated heterocycles. The minimum absolute atomic E-state index is 0.154. The van der Waals surface area contributed by atoms with Crippen LogP contribution < -0.4 is 5.32 Å². The average Bonchev–Trinajstić information content (AvgIpc) is 2.39. The van der Waals surface area contributed by atoms with Gasteiger partial charge in [-0.05, 0) is 55.2 Å². The Labute approximate surface area is 116 Å². The Morgan fingerprint density at radius 3 is 2.47 bits per heavy atom. The highest BCUT2D eigenvalue weighted by Gasteiger charge is 2.26. The summed E-state index contributed by atoms with van der Waals surface area (Å²) in [6.45, 7) is 6.89. The molecule has 0 spiro atoms. The fraction of sp³-hybridized carbons (Fsp3) is 0.647. The van der Waals surface area contributed by atoms with Crippen molar-refractivity contribution in [1.82, 2.24) is 5.32 Å². The molecule has 0 amide bonds. The van der Waals surface area contributed by atoms with E-state index in [0.717, 1.165) is 18.3 Å². The van der Waals surface area contributed by atoms with Crippen LogP contribution in [0.4, 0.5) is 4.39 Å². The Balaban J connectivity index is 2.01. The topological polar surface area (TPSA) is 12.0 Å². The summed E-state index contributed by atoms with van der Waals surface area (Å²) in [6, 6.07) is 7.89. The summed E-state index contributed by atoms with van der Waals surface area (Å²) in [7, 11) is 0. The number of hydrogen-bond donors (Lipinski definition) is 1. The first kappa shape index (κ1) is 14.5. The third-order valence-electron chi connectivity index (χ3n) is 4.53. The first-order valence-electron chi connectivity index (χ1n) is 7.61. The maximum absolute atomic E-state index is 13.0. The smallest absolute Gasteiger partial charge is 0.123 e.